The fourth-order valence-corrected chi connectivity index (χ4v) is 1.97. The fraction of sp³-hybridized carbons (Fsp3) is 0.500. The number of carbonyl (C=O) groups is 2. The average Bonchev–Trinajstić information content (AvgIpc) is 2.45. The van der Waals surface area contributed by atoms with Crippen molar-refractivity contribution in [2.75, 3.05) is 33.3 Å². The summed E-state index contributed by atoms with van der Waals surface area (Å²) in [7, 11) is 1.89. The average molecular weight is 307 g/mol. The molecule has 0 radical (unpaired) electrons. The first-order valence-electron chi connectivity index (χ1n) is 7.42. The van der Waals surface area contributed by atoms with Crippen LogP contribution in [0.4, 0.5) is 0 Å². The van der Waals surface area contributed by atoms with Crippen LogP contribution in [0.25, 0.3) is 0 Å². The van der Waals surface area contributed by atoms with Gasteiger partial charge in [-0.25, -0.2) is 0 Å². The van der Waals surface area contributed by atoms with E-state index in [0.29, 0.717) is 32.8 Å². The minimum atomic E-state index is -0.0955. The first-order valence-corrected chi connectivity index (χ1v) is 7.42. The van der Waals surface area contributed by atoms with Crippen molar-refractivity contribution in [1.82, 2.24) is 15.5 Å². The van der Waals surface area contributed by atoms with Gasteiger partial charge in [0.05, 0.1) is 13.2 Å². The highest BCUT2D eigenvalue weighted by atomic mass is 16.5. The van der Waals surface area contributed by atoms with Crippen LogP contribution in [0.1, 0.15) is 19.4 Å². The summed E-state index contributed by atoms with van der Waals surface area (Å²) in [5.74, 6) is 0.699. The van der Waals surface area contributed by atoms with Crippen LogP contribution < -0.4 is 15.4 Å². The topological polar surface area (TPSA) is 70.7 Å². The normalized spacial score (nSPS) is 10.4. The molecule has 6 heteroatoms. The summed E-state index contributed by atoms with van der Waals surface area (Å²) >= 11 is 0. The van der Waals surface area contributed by atoms with Crippen molar-refractivity contribution < 1.29 is 14.3 Å². The van der Waals surface area contributed by atoms with Gasteiger partial charge < -0.3 is 15.4 Å². The molecule has 0 aliphatic rings. The zero-order chi connectivity index (χ0) is 16.4. The Labute approximate surface area is 131 Å². The predicted molar refractivity (Wildman–Crippen MR) is 85.6 cm³/mol. The summed E-state index contributed by atoms with van der Waals surface area (Å²) in [6.07, 6.45) is 0. The monoisotopic (exact) mass is 307 g/mol. The van der Waals surface area contributed by atoms with Crippen molar-refractivity contribution in [3.8, 4) is 5.75 Å². The lowest BCUT2D eigenvalue weighted by atomic mass is 10.2. The number of hydrogen-bond acceptors (Lipinski definition) is 4. The Hall–Kier alpha value is -2.08. The molecule has 1 rings (SSSR count). The zero-order valence-corrected chi connectivity index (χ0v) is 13.5. The number of rotatable bonds is 9. The number of likely N-dealkylation sites (N-methyl/N-ethyl adjacent to an activating group) is 1. The molecule has 1 aromatic carbocycles. The number of nitrogens with zero attached hydrogens (tertiary/aromatic N) is 1. The molecule has 22 heavy (non-hydrogen) atoms. The first kappa shape index (κ1) is 18.0. The van der Waals surface area contributed by atoms with E-state index in [1.165, 1.54) is 6.92 Å². The Morgan fingerprint density at radius 2 is 1.77 bits per heavy atom. The molecule has 2 amide bonds. The minimum absolute atomic E-state index is 0.0567. The molecule has 0 saturated carbocycles. The summed E-state index contributed by atoms with van der Waals surface area (Å²) in [6.45, 7) is 5.94. The van der Waals surface area contributed by atoms with Crippen molar-refractivity contribution in [2.45, 2.75) is 20.4 Å². The largest absolute Gasteiger partial charge is 0.494 e. The van der Waals surface area contributed by atoms with E-state index in [2.05, 4.69) is 10.6 Å². The van der Waals surface area contributed by atoms with Gasteiger partial charge >= 0.3 is 0 Å². The smallest absolute Gasteiger partial charge is 0.234 e. The molecule has 0 aliphatic heterocycles. The molecule has 0 saturated heterocycles. The van der Waals surface area contributed by atoms with E-state index in [1.54, 1.807) is 0 Å². The third kappa shape index (κ3) is 7.64. The van der Waals surface area contributed by atoms with Gasteiger partial charge in [-0.3, -0.25) is 14.5 Å². The van der Waals surface area contributed by atoms with Crippen LogP contribution in [0.2, 0.25) is 0 Å². The molecular formula is C16H25N3O3. The van der Waals surface area contributed by atoms with Gasteiger partial charge in [0.1, 0.15) is 5.75 Å². The summed E-state index contributed by atoms with van der Waals surface area (Å²) in [6, 6.07) is 7.85. The van der Waals surface area contributed by atoms with Crippen LogP contribution in [-0.2, 0) is 16.1 Å². The van der Waals surface area contributed by atoms with Gasteiger partial charge in [-0.15, -0.1) is 0 Å². The molecular weight excluding hydrogens is 282 g/mol. The van der Waals surface area contributed by atoms with Crippen LogP contribution >= 0.6 is 0 Å². The highest BCUT2D eigenvalue weighted by Gasteiger charge is 2.07. The Bertz CT molecular complexity index is 474. The van der Waals surface area contributed by atoms with E-state index in [9.17, 15) is 9.59 Å². The zero-order valence-electron chi connectivity index (χ0n) is 13.5. The number of ether oxygens (including phenoxy) is 1. The van der Waals surface area contributed by atoms with Crippen molar-refractivity contribution >= 4 is 11.8 Å². The maximum Gasteiger partial charge on any atom is 0.234 e. The Morgan fingerprint density at radius 3 is 2.36 bits per heavy atom. The standard InChI is InChI=1S/C16H25N3O3/c1-4-22-15-7-5-14(6-8-15)11-19(3)12-16(21)18-10-9-17-13(2)20/h5-8H,4,9-12H2,1-3H3,(H,17,20)(H,18,21). The number of carbonyl (C=O) groups excluding carboxylic acids is 2. The molecule has 6 nitrogen and oxygen atoms in total. The summed E-state index contributed by atoms with van der Waals surface area (Å²) < 4.78 is 5.39. The predicted octanol–water partition coefficient (Wildman–Crippen LogP) is 0.769. The van der Waals surface area contributed by atoms with E-state index in [0.717, 1.165) is 11.3 Å². The maximum absolute atomic E-state index is 11.7. The number of amides is 2. The maximum atomic E-state index is 11.7. The molecule has 0 atom stereocenters. The van der Waals surface area contributed by atoms with Gasteiger partial charge in [-0.1, -0.05) is 12.1 Å². The quantitative estimate of drug-likeness (QED) is 0.661. The lowest BCUT2D eigenvalue weighted by Gasteiger charge is -2.16. The lowest BCUT2D eigenvalue weighted by molar-refractivity contribution is -0.122. The van der Waals surface area contributed by atoms with Gasteiger partial charge in [-0.2, -0.15) is 0 Å². The molecule has 122 valence electrons. The van der Waals surface area contributed by atoms with E-state index in [-0.39, 0.29) is 11.8 Å². The molecule has 0 unspecified atom stereocenters. The fourth-order valence-electron chi connectivity index (χ4n) is 1.97. The lowest BCUT2D eigenvalue weighted by Crippen LogP contribution is -2.38. The van der Waals surface area contributed by atoms with Gasteiger partial charge in [0, 0.05) is 26.6 Å². The van der Waals surface area contributed by atoms with Crippen molar-refractivity contribution in [1.29, 1.82) is 0 Å². The first-order chi connectivity index (χ1) is 10.5. The third-order valence-corrected chi connectivity index (χ3v) is 2.92. The molecule has 2 N–H and O–H groups in total. The van der Waals surface area contributed by atoms with E-state index in [1.807, 2.05) is 43.1 Å². The molecule has 0 heterocycles. The van der Waals surface area contributed by atoms with Gasteiger partial charge in [0.25, 0.3) is 0 Å². The SMILES string of the molecule is CCOc1ccc(CN(C)CC(=O)NCCNC(C)=O)cc1. The number of nitrogens with one attached hydrogen (secondary N) is 2. The van der Waals surface area contributed by atoms with Crippen LogP contribution in [0, 0.1) is 0 Å². The highest BCUT2D eigenvalue weighted by molar-refractivity contribution is 5.78. The van der Waals surface area contributed by atoms with Crippen LogP contribution in [-0.4, -0.2) is 50.0 Å². The van der Waals surface area contributed by atoms with Crippen molar-refractivity contribution in [2.24, 2.45) is 0 Å². The Morgan fingerprint density at radius 1 is 1.14 bits per heavy atom. The molecule has 0 aliphatic carbocycles. The molecule has 0 fully saturated rings. The van der Waals surface area contributed by atoms with Gasteiger partial charge in [0.2, 0.25) is 11.8 Å². The van der Waals surface area contributed by atoms with Crippen molar-refractivity contribution in [3.05, 3.63) is 29.8 Å². The number of benzene rings is 1. The van der Waals surface area contributed by atoms with Crippen molar-refractivity contribution in [3.63, 3.8) is 0 Å². The molecule has 0 aromatic heterocycles. The van der Waals surface area contributed by atoms with E-state index < -0.39 is 0 Å². The second kappa shape index (κ2) is 9.78. The number of hydrogen-bond donors (Lipinski definition) is 2. The molecule has 1 aromatic rings. The van der Waals surface area contributed by atoms with Crippen LogP contribution in [0.3, 0.4) is 0 Å². The van der Waals surface area contributed by atoms with Crippen LogP contribution in [0.15, 0.2) is 24.3 Å². The van der Waals surface area contributed by atoms with Gasteiger partial charge in [0.15, 0.2) is 0 Å². The third-order valence-electron chi connectivity index (χ3n) is 2.92. The van der Waals surface area contributed by atoms with E-state index >= 15 is 0 Å². The molecule has 0 spiro atoms. The summed E-state index contributed by atoms with van der Waals surface area (Å²) in [4.78, 5) is 24.4. The van der Waals surface area contributed by atoms with Crippen LogP contribution in [0.5, 0.6) is 5.75 Å². The Balaban J connectivity index is 2.28. The second-order valence-electron chi connectivity index (χ2n) is 5.08. The molecule has 0 bridgehead atoms. The van der Waals surface area contributed by atoms with E-state index in [4.69, 9.17) is 4.74 Å². The highest BCUT2D eigenvalue weighted by Crippen LogP contribution is 2.13. The Kier molecular flexibility index (Phi) is 7.99. The second-order valence-corrected chi connectivity index (χ2v) is 5.08. The minimum Gasteiger partial charge on any atom is -0.494 e. The van der Waals surface area contributed by atoms with Gasteiger partial charge in [-0.05, 0) is 31.7 Å². The summed E-state index contributed by atoms with van der Waals surface area (Å²) in [5.41, 5.74) is 1.12. The summed E-state index contributed by atoms with van der Waals surface area (Å²) in [5, 5.41) is 5.40.